The van der Waals surface area contributed by atoms with Crippen LogP contribution in [0.15, 0.2) is 11.3 Å². The van der Waals surface area contributed by atoms with E-state index in [-0.39, 0.29) is 12.0 Å². The molecular formula is C21H34O7S. The van der Waals surface area contributed by atoms with Crippen LogP contribution in [0.2, 0.25) is 0 Å². The minimum Gasteiger partial charge on any atom is -0.507 e. The lowest BCUT2D eigenvalue weighted by Crippen LogP contribution is -2.28. The lowest BCUT2D eigenvalue weighted by Gasteiger charge is -2.18. The van der Waals surface area contributed by atoms with Gasteiger partial charge in [0.25, 0.3) is 10.1 Å². The summed E-state index contributed by atoms with van der Waals surface area (Å²) in [6, 6.07) is 0. The Kier molecular flexibility index (Phi) is 9.62. The second-order valence-electron chi connectivity index (χ2n) is 7.99. The molecule has 2 rings (SSSR count). The van der Waals surface area contributed by atoms with Crippen molar-refractivity contribution in [3.8, 4) is 0 Å². The summed E-state index contributed by atoms with van der Waals surface area (Å²) in [4.78, 5) is 24.0. The van der Waals surface area contributed by atoms with Crippen LogP contribution in [0.3, 0.4) is 0 Å². The maximum atomic E-state index is 12.6. The van der Waals surface area contributed by atoms with Gasteiger partial charge in [-0.3, -0.25) is 8.98 Å². The highest BCUT2D eigenvalue weighted by Gasteiger charge is 2.40. The number of carbonyl (C=O) groups is 2. The molecular weight excluding hydrogens is 396 g/mol. The van der Waals surface area contributed by atoms with Crippen LogP contribution in [0.25, 0.3) is 0 Å². The highest BCUT2D eigenvalue weighted by Crippen LogP contribution is 2.28. The van der Waals surface area contributed by atoms with Crippen molar-refractivity contribution in [2.24, 2.45) is 0 Å². The van der Waals surface area contributed by atoms with Crippen molar-refractivity contribution in [3.63, 3.8) is 0 Å². The summed E-state index contributed by atoms with van der Waals surface area (Å²) in [6.07, 6.45) is 10.2. The van der Waals surface area contributed by atoms with E-state index in [1.165, 1.54) is 38.5 Å². The van der Waals surface area contributed by atoms with E-state index in [0.29, 0.717) is 19.3 Å². The number of hydrogen-bond acceptors (Lipinski definition) is 7. The number of Topliss-reactive ketones (excluding diaryl/α,β-unsaturated/α-hetero) is 1. The molecule has 0 aliphatic carbocycles. The molecule has 1 N–H and O–H groups in total. The third-order valence-corrected chi connectivity index (χ3v) is 7.40. The third-order valence-electron chi connectivity index (χ3n) is 5.64. The molecule has 0 spiro atoms. The molecule has 29 heavy (non-hydrogen) atoms. The van der Waals surface area contributed by atoms with Crippen LogP contribution < -0.4 is 0 Å². The Hall–Kier alpha value is -1.41. The van der Waals surface area contributed by atoms with Crippen LogP contribution in [0.4, 0.5) is 0 Å². The SMILES string of the molecule is CCCCCCCCCCCC1CCCC(=O)C2=C(O)C(COS1(=O)=O)OC2=O. The lowest BCUT2D eigenvalue weighted by molar-refractivity contribution is -0.142. The molecule has 7 nitrogen and oxygen atoms in total. The maximum Gasteiger partial charge on any atom is 0.346 e. The largest absolute Gasteiger partial charge is 0.507 e. The van der Waals surface area contributed by atoms with Gasteiger partial charge in [-0.1, -0.05) is 64.7 Å². The molecule has 0 saturated heterocycles. The maximum absolute atomic E-state index is 12.6. The second-order valence-corrected chi connectivity index (χ2v) is 9.87. The first-order chi connectivity index (χ1) is 13.9. The number of unbranched alkanes of at least 4 members (excludes halogenated alkanes) is 8. The molecule has 0 aromatic rings. The van der Waals surface area contributed by atoms with Gasteiger partial charge in [-0.15, -0.1) is 0 Å². The number of esters is 1. The van der Waals surface area contributed by atoms with Crippen molar-refractivity contribution in [2.45, 2.75) is 102 Å². The third kappa shape index (κ3) is 7.10. The van der Waals surface area contributed by atoms with E-state index in [2.05, 4.69) is 6.92 Å². The molecule has 2 bridgehead atoms. The fourth-order valence-corrected chi connectivity index (χ4v) is 5.28. The van der Waals surface area contributed by atoms with Gasteiger partial charge in [0.1, 0.15) is 12.2 Å². The normalized spacial score (nSPS) is 25.0. The molecule has 2 heterocycles. The number of fused-ring (bicyclic) bond motifs is 1. The minimum atomic E-state index is -3.87. The summed E-state index contributed by atoms with van der Waals surface area (Å²) in [6.45, 7) is 1.70. The zero-order valence-electron chi connectivity index (χ0n) is 17.4. The van der Waals surface area contributed by atoms with Crippen LogP contribution in [0.5, 0.6) is 0 Å². The molecule has 166 valence electrons. The average molecular weight is 431 g/mol. The smallest absolute Gasteiger partial charge is 0.346 e. The molecule has 2 unspecified atom stereocenters. The molecule has 0 fully saturated rings. The van der Waals surface area contributed by atoms with E-state index in [9.17, 15) is 23.1 Å². The van der Waals surface area contributed by atoms with Gasteiger partial charge in [0.2, 0.25) is 0 Å². The Bertz CT molecular complexity index is 696. The monoisotopic (exact) mass is 430 g/mol. The van der Waals surface area contributed by atoms with Gasteiger partial charge < -0.3 is 9.84 Å². The van der Waals surface area contributed by atoms with Crippen molar-refractivity contribution in [1.29, 1.82) is 0 Å². The van der Waals surface area contributed by atoms with Crippen LogP contribution in [-0.2, 0) is 28.6 Å². The first kappa shape index (κ1) is 23.9. The Morgan fingerprint density at radius 3 is 2.28 bits per heavy atom. The van der Waals surface area contributed by atoms with Crippen LogP contribution in [-0.4, -0.2) is 43.2 Å². The first-order valence-corrected chi connectivity index (χ1v) is 12.4. The predicted molar refractivity (Wildman–Crippen MR) is 109 cm³/mol. The van der Waals surface area contributed by atoms with Gasteiger partial charge in [-0.2, -0.15) is 8.42 Å². The number of aliphatic hydroxyl groups excluding tert-OH is 1. The van der Waals surface area contributed by atoms with E-state index in [0.717, 1.165) is 19.3 Å². The molecule has 2 aliphatic rings. The summed E-state index contributed by atoms with van der Waals surface area (Å²) in [5.74, 6) is -1.94. The highest BCUT2D eigenvalue weighted by molar-refractivity contribution is 7.87. The highest BCUT2D eigenvalue weighted by atomic mass is 32.2. The summed E-state index contributed by atoms with van der Waals surface area (Å²) in [5, 5.41) is 9.35. The minimum absolute atomic E-state index is 0.00495. The van der Waals surface area contributed by atoms with Crippen molar-refractivity contribution >= 4 is 21.9 Å². The van der Waals surface area contributed by atoms with E-state index < -0.39 is 45.6 Å². The quantitative estimate of drug-likeness (QED) is 0.240. The van der Waals surface area contributed by atoms with Gasteiger partial charge in [-0.05, 0) is 19.3 Å². The number of carbonyl (C=O) groups excluding carboxylic acids is 2. The van der Waals surface area contributed by atoms with Gasteiger partial charge in [0.05, 0.1) is 5.25 Å². The van der Waals surface area contributed by atoms with Crippen molar-refractivity contribution in [1.82, 2.24) is 0 Å². The second kappa shape index (κ2) is 11.7. The number of aliphatic hydroxyl groups is 1. The van der Waals surface area contributed by atoms with Crippen LogP contribution in [0, 0.1) is 0 Å². The molecule has 8 heteroatoms. The van der Waals surface area contributed by atoms with E-state index in [1.54, 1.807) is 0 Å². The van der Waals surface area contributed by atoms with E-state index >= 15 is 0 Å². The molecule has 0 saturated carbocycles. The fraction of sp³-hybridized carbons (Fsp3) is 0.810. The Labute approximate surface area is 174 Å². The standard InChI is InChI=1S/C21H34O7S/c1-2-3-4-5-6-7-8-9-10-12-16-13-11-14-17(22)19-20(23)18(28-21(19)24)15-27-29(16,25)26/h16,18,23H,2-15H2,1H3. The zero-order valence-corrected chi connectivity index (χ0v) is 18.2. The van der Waals surface area contributed by atoms with Crippen LogP contribution in [0.1, 0.15) is 90.4 Å². The molecule has 2 atom stereocenters. The van der Waals surface area contributed by atoms with E-state index in [4.69, 9.17) is 8.92 Å². The fourth-order valence-electron chi connectivity index (χ4n) is 3.86. The molecule has 0 amide bonds. The Morgan fingerprint density at radius 1 is 1.00 bits per heavy atom. The molecule has 0 aromatic heterocycles. The Balaban J connectivity index is 1.82. The zero-order chi connectivity index (χ0) is 21.3. The Morgan fingerprint density at radius 2 is 1.62 bits per heavy atom. The molecule has 0 radical (unpaired) electrons. The van der Waals surface area contributed by atoms with Crippen LogP contribution >= 0.6 is 0 Å². The summed E-state index contributed by atoms with van der Waals surface area (Å²) in [5.41, 5.74) is -0.367. The molecule has 2 aliphatic heterocycles. The van der Waals surface area contributed by atoms with Crippen molar-refractivity contribution in [3.05, 3.63) is 11.3 Å². The number of ether oxygens (including phenoxy) is 1. The summed E-state index contributed by atoms with van der Waals surface area (Å²) in [7, 11) is -3.87. The summed E-state index contributed by atoms with van der Waals surface area (Å²) >= 11 is 0. The topological polar surface area (TPSA) is 107 Å². The first-order valence-electron chi connectivity index (χ1n) is 10.9. The number of hydrogen-bond donors (Lipinski definition) is 1. The average Bonchev–Trinajstić information content (AvgIpc) is 2.95. The predicted octanol–water partition coefficient (Wildman–Crippen LogP) is 4.11. The van der Waals surface area contributed by atoms with E-state index in [1.807, 2.05) is 0 Å². The van der Waals surface area contributed by atoms with Gasteiger partial charge >= 0.3 is 5.97 Å². The number of rotatable bonds is 10. The van der Waals surface area contributed by atoms with Crippen molar-refractivity contribution < 1.29 is 32.0 Å². The lowest BCUT2D eigenvalue weighted by atomic mass is 10.0. The van der Waals surface area contributed by atoms with Gasteiger partial charge in [0, 0.05) is 6.42 Å². The number of ketones is 1. The van der Waals surface area contributed by atoms with Gasteiger partial charge in [-0.25, -0.2) is 4.79 Å². The summed E-state index contributed by atoms with van der Waals surface area (Å²) < 4.78 is 35.2. The van der Waals surface area contributed by atoms with Crippen molar-refractivity contribution in [2.75, 3.05) is 6.61 Å². The van der Waals surface area contributed by atoms with Gasteiger partial charge in [0.15, 0.2) is 17.6 Å². The molecule has 0 aromatic carbocycles.